The van der Waals surface area contributed by atoms with Crippen LogP contribution in [0.3, 0.4) is 0 Å². The van der Waals surface area contributed by atoms with E-state index in [0.717, 1.165) is 30.1 Å². The SMILES string of the molecule is CCCCCCC(C)CCCCCC(C)CCCCCCCC/C=C(\C)C=O. The van der Waals surface area contributed by atoms with Gasteiger partial charge in [-0.2, -0.15) is 0 Å². The molecule has 1 heteroatoms. The third-order valence-electron chi connectivity index (χ3n) is 6.25. The highest BCUT2D eigenvalue weighted by Crippen LogP contribution is 2.21. The topological polar surface area (TPSA) is 17.1 Å². The van der Waals surface area contributed by atoms with E-state index in [4.69, 9.17) is 0 Å². The van der Waals surface area contributed by atoms with Crippen molar-refractivity contribution in [2.24, 2.45) is 11.8 Å². The molecule has 2 unspecified atom stereocenters. The molecule has 0 aliphatic carbocycles. The Balaban J connectivity index is 3.33. The zero-order valence-corrected chi connectivity index (χ0v) is 19.9. The predicted molar refractivity (Wildman–Crippen MR) is 127 cm³/mol. The third kappa shape index (κ3) is 20.2. The average molecular weight is 393 g/mol. The van der Waals surface area contributed by atoms with Gasteiger partial charge in [0, 0.05) is 0 Å². The Morgan fingerprint density at radius 1 is 0.643 bits per heavy atom. The van der Waals surface area contributed by atoms with Gasteiger partial charge < -0.3 is 0 Å². The molecule has 0 aliphatic heterocycles. The summed E-state index contributed by atoms with van der Waals surface area (Å²) in [6.45, 7) is 9.10. The molecule has 0 bridgehead atoms. The van der Waals surface area contributed by atoms with Gasteiger partial charge in [-0.05, 0) is 37.2 Å². The second kappa shape index (κ2) is 21.1. The lowest BCUT2D eigenvalue weighted by Gasteiger charge is -2.13. The largest absolute Gasteiger partial charge is 0.298 e. The van der Waals surface area contributed by atoms with Gasteiger partial charge >= 0.3 is 0 Å². The van der Waals surface area contributed by atoms with E-state index in [1.807, 2.05) is 6.92 Å². The molecule has 0 heterocycles. The minimum Gasteiger partial charge on any atom is -0.298 e. The van der Waals surface area contributed by atoms with E-state index >= 15 is 0 Å². The third-order valence-corrected chi connectivity index (χ3v) is 6.25. The van der Waals surface area contributed by atoms with E-state index < -0.39 is 0 Å². The van der Waals surface area contributed by atoms with Crippen molar-refractivity contribution in [2.45, 2.75) is 143 Å². The quantitative estimate of drug-likeness (QED) is 0.108. The van der Waals surface area contributed by atoms with Crippen LogP contribution in [-0.2, 0) is 4.79 Å². The zero-order valence-electron chi connectivity index (χ0n) is 19.9. The molecule has 0 radical (unpaired) electrons. The lowest BCUT2D eigenvalue weighted by atomic mass is 9.93. The van der Waals surface area contributed by atoms with Crippen molar-refractivity contribution in [3.05, 3.63) is 11.6 Å². The molecule has 0 spiro atoms. The molecule has 0 aliphatic rings. The smallest absolute Gasteiger partial charge is 0.145 e. The minimum atomic E-state index is 0.880. The van der Waals surface area contributed by atoms with Gasteiger partial charge in [-0.3, -0.25) is 4.79 Å². The van der Waals surface area contributed by atoms with Crippen molar-refractivity contribution in [3.63, 3.8) is 0 Å². The molecule has 0 aromatic heterocycles. The summed E-state index contributed by atoms with van der Waals surface area (Å²) in [5.41, 5.74) is 0.880. The average Bonchev–Trinajstić information content (AvgIpc) is 2.69. The molecule has 0 aromatic carbocycles. The van der Waals surface area contributed by atoms with Gasteiger partial charge in [0.2, 0.25) is 0 Å². The molecule has 0 N–H and O–H groups in total. The molecule has 0 rings (SSSR count). The fourth-order valence-electron chi connectivity index (χ4n) is 4.09. The molecule has 0 aromatic rings. The van der Waals surface area contributed by atoms with Crippen LogP contribution in [0, 0.1) is 11.8 Å². The molecule has 2 atom stereocenters. The van der Waals surface area contributed by atoms with Crippen LogP contribution in [-0.4, -0.2) is 6.29 Å². The Morgan fingerprint density at radius 2 is 1.04 bits per heavy atom. The fraction of sp³-hybridized carbons (Fsp3) is 0.889. The van der Waals surface area contributed by atoms with Crippen LogP contribution in [0.2, 0.25) is 0 Å². The number of carbonyl (C=O) groups is 1. The van der Waals surface area contributed by atoms with Crippen LogP contribution in [0.4, 0.5) is 0 Å². The molecule has 28 heavy (non-hydrogen) atoms. The lowest BCUT2D eigenvalue weighted by Crippen LogP contribution is -1.97. The first-order chi connectivity index (χ1) is 13.6. The van der Waals surface area contributed by atoms with Crippen LogP contribution in [0.1, 0.15) is 143 Å². The summed E-state index contributed by atoms with van der Waals surface area (Å²) in [5.74, 6) is 1.86. The number of allylic oxidation sites excluding steroid dienone is 2. The Bertz CT molecular complexity index is 357. The van der Waals surface area contributed by atoms with Crippen LogP contribution in [0.25, 0.3) is 0 Å². The Morgan fingerprint density at radius 3 is 1.50 bits per heavy atom. The van der Waals surface area contributed by atoms with Crippen molar-refractivity contribution < 1.29 is 4.79 Å². The summed E-state index contributed by atoms with van der Waals surface area (Å²) in [7, 11) is 0. The predicted octanol–water partition coefficient (Wildman–Crippen LogP) is 9.45. The maximum Gasteiger partial charge on any atom is 0.145 e. The van der Waals surface area contributed by atoms with E-state index in [1.54, 1.807) is 0 Å². The number of hydrogen-bond donors (Lipinski definition) is 0. The standard InChI is InChI=1S/C27H52O/c1-5-6-7-14-19-25(2)21-17-13-18-22-26(3)20-15-11-9-8-10-12-16-23-27(4)24-28/h23-26H,5-22H2,1-4H3/b27-23+. The molecular formula is C27H52O. The van der Waals surface area contributed by atoms with Gasteiger partial charge in [-0.25, -0.2) is 0 Å². The van der Waals surface area contributed by atoms with Crippen LogP contribution >= 0.6 is 0 Å². The van der Waals surface area contributed by atoms with E-state index in [-0.39, 0.29) is 0 Å². The summed E-state index contributed by atoms with van der Waals surface area (Å²) < 4.78 is 0. The highest BCUT2D eigenvalue weighted by molar-refractivity contribution is 5.71. The second-order valence-corrected chi connectivity index (χ2v) is 9.46. The van der Waals surface area contributed by atoms with Gasteiger partial charge in [0.1, 0.15) is 6.29 Å². The Hall–Kier alpha value is -0.590. The number of rotatable bonds is 21. The zero-order chi connectivity index (χ0) is 20.9. The van der Waals surface area contributed by atoms with Crippen molar-refractivity contribution >= 4 is 6.29 Å². The second-order valence-electron chi connectivity index (χ2n) is 9.46. The van der Waals surface area contributed by atoms with Crippen molar-refractivity contribution in [3.8, 4) is 0 Å². The normalized spacial score (nSPS) is 14.2. The highest BCUT2D eigenvalue weighted by Gasteiger charge is 2.04. The van der Waals surface area contributed by atoms with Gasteiger partial charge in [-0.1, -0.05) is 130 Å². The van der Waals surface area contributed by atoms with Crippen molar-refractivity contribution in [2.75, 3.05) is 0 Å². The molecule has 0 fully saturated rings. The first-order valence-electron chi connectivity index (χ1n) is 12.7. The molecule has 0 saturated heterocycles. The van der Waals surface area contributed by atoms with Crippen molar-refractivity contribution in [1.29, 1.82) is 0 Å². The van der Waals surface area contributed by atoms with Crippen LogP contribution in [0.15, 0.2) is 11.6 Å². The van der Waals surface area contributed by atoms with E-state index in [1.165, 1.54) is 109 Å². The van der Waals surface area contributed by atoms with E-state index in [9.17, 15) is 4.79 Å². The van der Waals surface area contributed by atoms with Crippen molar-refractivity contribution in [1.82, 2.24) is 0 Å². The van der Waals surface area contributed by atoms with E-state index in [0.29, 0.717) is 0 Å². The summed E-state index contributed by atoms with van der Waals surface area (Å²) in [5, 5.41) is 0. The summed E-state index contributed by atoms with van der Waals surface area (Å²) >= 11 is 0. The molecular weight excluding hydrogens is 340 g/mol. The Labute approximate surface area is 178 Å². The monoisotopic (exact) mass is 392 g/mol. The van der Waals surface area contributed by atoms with Crippen LogP contribution < -0.4 is 0 Å². The maximum absolute atomic E-state index is 10.5. The highest BCUT2D eigenvalue weighted by atomic mass is 16.1. The number of unbranched alkanes of at least 4 members (excludes halogenated alkanes) is 11. The fourth-order valence-corrected chi connectivity index (χ4v) is 4.09. The summed E-state index contributed by atoms with van der Waals surface area (Å²) in [6.07, 6.45) is 28.0. The van der Waals surface area contributed by atoms with Gasteiger partial charge in [0.05, 0.1) is 0 Å². The minimum absolute atomic E-state index is 0.880. The van der Waals surface area contributed by atoms with Crippen LogP contribution in [0.5, 0.6) is 0 Å². The molecule has 0 amide bonds. The lowest BCUT2D eigenvalue weighted by molar-refractivity contribution is -0.104. The number of aldehydes is 1. The summed E-state index contributed by atoms with van der Waals surface area (Å²) in [4.78, 5) is 10.5. The summed E-state index contributed by atoms with van der Waals surface area (Å²) in [6, 6.07) is 0. The Kier molecular flexibility index (Phi) is 20.7. The maximum atomic E-state index is 10.5. The molecule has 166 valence electrons. The number of carbonyl (C=O) groups excluding carboxylic acids is 1. The first kappa shape index (κ1) is 27.4. The molecule has 1 nitrogen and oxygen atoms in total. The molecule has 0 saturated carbocycles. The van der Waals surface area contributed by atoms with Gasteiger partial charge in [0.15, 0.2) is 0 Å². The van der Waals surface area contributed by atoms with Gasteiger partial charge in [-0.15, -0.1) is 0 Å². The first-order valence-corrected chi connectivity index (χ1v) is 12.7. The van der Waals surface area contributed by atoms with E-state index in [2.05, 4.69) is 26.8 Å². The number of hydrogen-bond acceptors (Lipinski definition) is 1. The van der Waals surface area contributed by atoms with Gasteiger partial charge in [0.25, 0.3) is 0 Å².